The molecule has 0 radical (unpaired) electrons. The van der Waals surface area contributed by atoms with Gasteiger partial charge < -0.3 is 0 Å². The highest BCUT2D eigenvalue weighted by molar-refractivity contribution is 5.24. The molecule has 0 aliphatic heterocycles. The zero-order chi connectivity index (χ0) is 22.4. The third kappa shape index (κ3) is 9.13. The SMILES string of the molecule is CCCCCCCc1ccc(C[C@H]2CC[C@H](Cc3ccc(CCCCC)cc3)CC2)cc1. The van der Waals surface area contributed by atoms with Crippen molar-refractivity contribution in [2.75, 3.05) is 0 Å². The van der Waals surface area contributed by atoms with E-state index in [9.17, 15) is 0 Å². The van der Waals surface area contributed by atoms with Gasteiger partial charge in [-0.1, -0.05) is 101 Å². The maximum absolute atomic E-state index is 2.41. The molecule has 2 aromatic rings. The number of unbranched alkanes of at least 4 members (excludes halogenated alkanes) is 6. The normalized spacial score (nSPS) is 18.7. The molecule has 0 N–H and O–H groups in total. The van der Waals surface area contributed by atoms with Crippen LogP contribution >= 0.6 is 0 Å². The monoisotopic (exact) mass is 432 g/mol. The molecule has 3 rings (SSSR count). The molecular formula is C32H48. The highest BCUT2D eigenvalue weighted by Crippen LogP contribution is 2.33. The standard InChI is InChI=1S/C32H48/c1-3-5-7-8-10-12-28-15-19-30(20-16-28)26-32-23-21-31(22-24-32)25-29-17-13-27(14-18-29)11-9-6-4-2/h13-20,31-32H,3-12,21-26H2,1-2H3/t31-,32-. The molecule has 0 amide bonds. The van der Waals surface area contributed by atoms with Gasteiger partial charge in [-0.15, -0.1) is 0 Å². The fourth-order valence-corrected chi connectivity index (χ4v) is 5.50. The van der Waals surface area contributed by atoms with Crippen LogP contribution in [0.15, 0.2) is 48.5 Å². The molecule has 0 heteroatoms. The molecule has 0 spiro atoms. The molecule has 1 aliphatic rings. The van der Waals surface area contributed by atoms with Crippen LogP contribution < -0.4 is 0 Å². The van der Waals surface area contributed by atoms with E-state index in [1.54, 1.807) is 11.1 Å². The summed E-state index contributed by atoms with van der Waals surface area (Å²) in [4.78, 5) is 0. The maximum atomic E-state index is 2.41. The number of rotatable bonds is 14. The molecule has 0 unspecified atom stereocenters. The highest BCUT2D eigenvalue weighted by atomic mass is 14.3. The molecular weight excluding hydrogens is 384 g/mol. The summed E-state index contributed by atoms with van der Waals surface area (Å²) in [6.07, 6.45) is 21.6. The van der Waals surface area contributed by atoms with Crippen LogP contribution in [0.3, 0.4) is 0 Å². The van der Waals surface area contributed by atoms with Gasteiger partial charge in [0.2, 0.25) is 0 Å². The summed E-state index contributed by atoms with van der Waals surface area (Å²) in [7, 11) is 0. The smallest absolute Gasteiger partial charge is 0.0250 e. The first-order valence-electron chi connectivity index (χ1n) is 13.9. The van der Waals surface area contributed by atoms with Crippen molar-refractivity contribution in [3.05, 3.63) is 70.8 Å². The van der Waals surface area contributed by atoms with Gasteiger partial charge in [0.25, 0.3) is 0 Å². The van der Waals surface area contributed by atoms with Crippen LogP contribution in [0.2, 0.25) is 0 Å². The van der Waals surface area contributed by atoms with Crippen LogP contribution in [0.4, 0.5) is 0 Å². The number of hydrogen-bond acceptors (Lipinski definition) is 0. The summed E-state index contributed by atoms with van der Waals surface area (Å²) >= 11 is 0. The van der Waals surface area contributed by atoms with Crippen molar-refractivity contribution in [2.45, 2.75) is 117 Å². The number of benzene rings is 2. The minimum Gasteiger partial charge on any atom is -0.0654 e. The molecule has 1 fully saturated rings. The second kappa shape index (κ2) is 14.6. The summed E-state index contributed by atoms with van der Waals surface area (Å²) in [6, 6.07) is 19.2. The lowest BCUT2D eigenvalue weighted by atomic mass is 9.77. The molecule has 0 saturated heterocycles. The largest absolute Gasteiger partial charge is 0.0654 e. The zero-order valence-electron chi connectivity index (χ0n) is 21.1. The Bertz CT molecular complexity index is 716. The minimum atomic E-state index is 0.895. The van der Waals surface area contributed by atoms with Crippen LogP contribution in [-0.2, 0) is 25.7 Å². The summed E-state index contributed by atoms with van der Waals surface area (Å²) in [5.74, 6) is 1.79. The van der Waals surface area contributed by atoms with Crippen molar-refractivity contribution in [2.24, 2.45) is 11.8 Å². The van der Waals surface area contributed by atoms with Gasteiger partial charge in [0.15, 0.2) is 0 Å². The fourth-order valence-electron chi connectivity index (χ4n) is 5.50. The van der Waals surface area contributed by atoms with E-state index in [-0.39, 0.29) is 0 Å². The average Bonchev–Trinajstić information content (AvgIpc) is 2.82. The van der Waals surface area contributed by atoms with Crippen molar-refractivity contribution in [3.63, 3.8) is 0 Å². The Balaban J connectivity index is 1.34. The molecule has 1 aliphatic carbocycles. The lowest BCUT2D eigenvalue weighted by molar-refractivity contribution is 0.272. The summed E-state index contributed by atoms with van der Waals surface area (Å²) in [6.45, 7) is 4.57. The molecule has 0 aromatic heterocycles. The van der Waals surface area contributed by atoms with Gasteiger partial charge in [0.05, 0.1) is 0 Å². The predicted octanol–water partition coefficient (Wildman–Crippen LogP) is 9.52. The Kier molecular flexibility index (Phi) is 11.4. The van der Waals surface area contributed by atoms with Gasteiger partial charge in [-0.2, -0.15) is 0 Å². The van der Waals surface area contributed by atoms with Crippen LogP contribution in [0.5, 0.6) is 0 Å². The van der Waals surface area contributed by atoms with E-state index >= 15 is 0 Å². The second-order valence-corrected chi connectivity index (χ2v) is 10.5. The molecule has 32 heavy (non-hydrogen) atoms. The zero-order valence-corrected chi connectivity index (χ0v) is 21.1. The Hall–Kier alpha value is -1.56. The average molecular weight is 433 g/mol. The van der Waals surface area contributed by atoms with Gasteiger partial charge in [-0.05, 0) is 98.3 Å². The molecule has 0 bridgehead atoms. The van der Waals surface area contributed by atoms with Crippen LogP contribution in [0.1, 0.15) is 113 Å². The summed E-state index contributed by atoms with van der Waals surface area (Å²) in [5, 5.41) is 0. The topological polar surface area (TPSA) is 0 Å². The predicted molar refractivity (Wildman–Crippen MR) is 141 cm³/mol. The van der Waals surface area contributed by atoms with E-state index in [2.05, 4.69) is 62.4 Å². The number of aryl methyl sites for hydroxylation is 2. The van der Waals surface area contributed by atoms with Crippen molar-refractivity contribution in [1.82, 2.24) is 0 Å². The van der Waals surface area contributed by atoms with E-state index in [0.717, 1.165) is 11.8 Å². The Morgan fingerprint density at radius 1 is 0.469 bits per heavy atom. The van der Waals surface area contributed by atoms with Crippen LogP contribution in [0, 0.1) is 11.8 Å². The molecule has 176 valence electrons. The molecule has 2 aromatic carbocycles. The Morgan fingerprint density at radius 2 is 0.812 bits per heavy atom. The lowest BCUT2D eigenvalue weighted by Crippen LogP contribution is -2.18. The molecule has 0 heterocycles. The fraction of sp³-hybridized carbons (Fsp3) is 0.625. The Labute approximate surface area is 199 Å². The van der Waals surface area contributed by atoms with Crippen molar-refractivity contribution < 1.29 is 0 Å². The lowest BCUT2D eigenvalue weighted by Gasteiger charge is -2.28. The first kappa shape index (κ1) is 25.1. The van der Waals surface area contributed by atoms with E-state index in [1.807, 2.05) is 0 Å². The van der Waals surface area contributed by atoms with Crippen LogP contribution in [-0.4, -0.2) is 0 Å². The second-order valence-electron chi connectivity index (χ2n) is 10.5. The van der Waals surface area contributed by atoms with Crippen molar-refractivity contribution in [3.8, 4) is 0 Å². The first-order chi connectivity index (χ1) is 15.8. The quantitative estimate of drug-likeness (QED) is 0.261. The summed E-state index contributed by atoms with van der Waals surface area (Å²) in [5.41, 5.74) is 6.17. The third-order valence-electron chi connectivity index (χ3n) is 7.70. The van der Waals surface area contributed by atoms with Crippen molar-refractivity contribution >= 4 is 0 Å². The first-order valence-corrected chi connectivity index (χ1v) is 13.9. The third-order valence-corrected chi connectivity index (χ3v) is 7.70. The van der Waals surface area contributed by atoms with E-state index in [4.69, 9.17) is 0 Å². The highest BCUT2D eigenvalue weighted by Gasteiger charge is 2.21. The van der Waals surface area contributed by atoms with Gasteiger partial charge in [-0.25, -0.2) is 0 Å². The van der Waals surface area contributed by atoms with Gasteiger partial charge in [-0.3, -0.25) is 0 Å². The van der Waals surface area contributed by atoms with Gasteiger partial charge in [0.1, 0.15) is 0 Å². The molecule has 0 atom stereocenters. The van der Waals surface area contributed by atoms with Gasteiger partial charge >= 0.3 is 0 Å². The van der Waals surface area contributed by atoms with Gasteiger partial charge in [0, 0.05) is 0 Å². The van der Waals surface area contributed by atoms with E-state index in [1.165, 1.54) is 114 Å². The van der Waals surface area contributed by atoms with E-state index in [0.29, 0.717) is 0 Å². The van der Waals surface area contributed by atoms with Crippen LogP contribution in [0.25, 0.3) is 0 Å². The van der Waals surface area contributed by atoms with Crippen molar-refractivity contribution in [1.29, 1.82) is 0 Å². The number of hydrogen-bond donors (Lipinski definition) is 0. The van der Waals surface area contributed by atoms with E-state index < -0.39 is 0 Å². The minimum absolute atomic E-state index is 0.895. The molecule has 1 saturated carbocycles. The Morgan fingerprint density at radius 3 is 1.25 bits per heavy atom. The summed E-state index contributed by atoms with van der Waals surface area (Å²) < 4.78 is 0. The maximum Gasteiger partial charge on any atom is -0.0250 e. The molecule has 0 nitrogen and oxygen atoms in total.